The Labute approximate surface area is 127 Å². The van der Waals surface area contributed by atoms with Crippen molar-refractivity contribution in [1.82, 2.24) is 0 Å². The Hall–Kier alpha value is -1.30. The first-order valence-corrected chi connectivity index (χ1v) is 7.80. The SMILES string of the molecule is COc1ccc(CSc2cc(SO)ccc2C)cc1O. The van der Waals surface area contributed by atoms with Crippen LogP contribution in [-0.2, 0) is 5.75 Å². The summed E-state index contributed by atoms with van der Waals surface area (Å²) in [7, 11) is 1.53. The summed E-state index contributed by atoms with van der Waals surface area (Å²) in [6, 6.07) is 11.3. The van der Waals surface area contributed by atoms with Gasteiger partial charge in [0.1, 0.15) is 0 Å². The van der Waals surface area contributed by atoms with Crippen molar-refractivity contribution in [3.05, 3.63) is 47.5 Å². The molecule has 2 N–H and O–H groups in total. The van der Waals surface area contributed by atoms with Crippen molar-refractivity contribution < 1.29 is 14.4 Å². The molecule has 2 aromatic carbocycles. The maximum atomic E-state index is 9.75. The predicted octanol–water partition coefficient (Wildman–Crippen LogP) is 4.57. The highest BCUT2D eigenvalue weighted by Crippen LogP contribution is 2.32. The molecule has 5 heteroatoms. The quantitative estimate of drug-likeness (QED) is 0.626. The van der Waals surface area contributed by atoms with E-state index in [1.54, 1.807) is 23.9 Å². The molecular weight excluding hydrogens is 292 g/mol. The van der Waals surface area contributed by atoms with E-state index in [4.69, 9.17) is 9.29 Å². The summed E-state index contributed by atoms with van der Waals surface area (Å²) >= 11 is 2.43. The Morgan fingerprint density at radius 3 is 2.60 bits per heavy atom. The predicted molar refractivity (Wildman–Crippen MR) is 83.9 cm³/mol. The lowest BCUT2D eigenvalue weighted by Gasteiger charge is -2.09. The molecule has 106 valence electrons. The molecule has 0 heterocycles. The van der Waals surface area contributed by atoms with Crippen molar-refractivity contribution in [3.63, 3.8) is 0 Å². The van der Waals surface area contributed by atoms with Gasteiger partial charge in [-0.15, -0.1) is 11.8 Å². The smallest absolute Gasteiger partial charge is 0.160 e. The summed E-state index contributed by atoms with van der Waals surface area (Å²) in [4.78, 5) is 1.95. The molecule has 0 aromatic heterocycles. The maximum absolute atomic E-state index is 9.75. The number of thioether (sulfide) groups is 1. The van der Waals surface area contributed by atoms with Gasteiger partial charge in [0.25, 0.3) is 0 Å². The first-order chi connectivity index (χ1) is 9.63. The topological polar surface area (TPSA) is 49.7 Å². The monoisotopic (exact) mass is 308 g/mol. The van der Waals surface area contributed by atoms with Gasteiger partial charge in [0.15, 0.2) is 11.5 Å². The average molecular weight is 308 g/mol. The van der Waals surface area contributed by atoms with Crippen LogP contribution in [0.3, 0.4) is 0 Å². The molecule has 0 radical (unpaired) electrons. The maximum Gasteiger partial charge on any atom is 0.160 e. The van der Waals surface area contributed by atoms with Crippen LogP contribution in [0.25, 0.3) is 0 Å². The zero-order chi connectivity index (χ0) is 14.5. The minimum absolute atomic E-state index is 0.155. The van der Waals surface area contributed by atoms with Crippen molar-refractivity contribution in [1.29, 1.82) is 0 Å². The summed E-state index contributed by atoms with van der Waals surface area (Å²) < 4.78 is 14.1. The van der Waals surface area contributed by atoms with E-state index in [9.17, 15) is 5.11 Å². The van der Waals surface area contributed by atoms with E-state index in [0.29, 0.717) is 5.75 Å². The minimum atomic E-state index is 0.155. The molecule has 3 nitrogen and oxygen atoms in total. The van der Waals surface area contributed by atoms with Gasteiger partial charge in [-0.3, -0.25) is 0 Å². The first-order valence-electron chi connectivity index (χ1n) is 6.05. The molecule has 2 rings (SSSR count). The third kappa shape index (κ3) is 3.62. The van der Waals surface area contributed by atoms with E-state index in [1.807, 2.05) is 31.2 Å². The van der Waals surface area contributed by atoms with Crippen LogP contribution in [0.15, 0.2) is 46.2 Å². The Morgan fingerprint density at radius 1 is 1.15 bits per heavy atom. The van der Waals surface area contributed by atoms with Crippen LogP contribution in [0.2, 0.25) is 0 Å². The van der Waals surface area contributed by atoms with Crippen LogP contribution in [-0.4, -0.2) is 16.8 Å². The molecule has 0 aliphatic heterocycles. The lowest BCUT2D eigenvalue weighted by atomic mass is 10.2. The Balaban J connectivity index is 2.10. The van der Waals surface area contributed by atoms with Crippen LogP contribution in [0.5, 0.6) is 11.5 Å². The Bertz CT molecular complexity index is 600. The third-order valence-corrected chi connectivity index (χ3v) is 4.60. The zero-order valence-corrected chi connectivity index (χ0v) is 12.9. The molecule has 0 saturated carbocycles. The van der Waals surface area contributed by atoms with Crippen molar-refractivity contribution in [3.8, 4) is 11.5 Å². The van der Waals surface area contributed by atoms with Gasteiger partial charge in [-0.1, -0.05) is 12.1 Å². The molecule has 0 spiro atoms. The molecular formula is C15H16O3S2. The largest absolute Gasteiger partial charge is 0.504 e. The van der Waals surface area contributed by atoms with Gasteiger partial charge >= 0.3 is 0 Å². The normalized spacial score (nSPS) is 10.6. The zero-order valence-electron chi connectivity index (χ0n) is 11.3. The van der Waals surface area contributed by atoms with Gasteiger partial charge in [-0.25, -0.2) is 0 Å². The molecule has 0 fully saturated rings. The molecule has 0 aliphatic carbocycles. The fourth-order valence-corrected chi connectivity index (χ4v) is 3.16. The highest BCUT2D eigenvalue weighted by atomic mass is 32.2. The van der Waals surface area contributed by atoms with E-state index in [2.05, 4.69) is 0 Å². The van der Waals surface area contributed by atoms with E-state index in [1.165, 1.54) is 12.7 Å². The second-order valence-electron chi connectivity index (χ2n) is 4.31. The summed E-state index contributed by atoms with van der Waals surface area (Å²) in [5.74, 6) is 1.38. The number of benzene rings is 2. The molecule has 0 saturated heterocycles. The number of methoxy groups -OCH3 is 1. The molecule has 2 aromatic rings. The number of hydrogen-bond acceptors (Lipinski definition) is 5. The van der Waals surface area contributed by atoms with Crippen molar-refractivity contribution in [2.75, 3.05) is 7.11 Å². The van der Waals surface area contributed by atoms with Crippen LogP contribution >= 0.6 is 23.8 Å². The fraction of sp³-hybridized carbons (Fsp3) is 0.200. The number of ether oxygens (including phenoxy) is 1. The second kappa shape index (κ2) is 6.92. The standard InChI is InChI=1S/C15H16O3S2/c1-10-3-5-12(20-17)8-15(10)19-9-11-4-6-14(18-2)13(16)7-11/h3-8,16-17H,9H2,1-2H3. The minimum Gasteiger partial charge on any atom is -0.504 e. The molecule has 0 unspecified atom stereocenters. The molecule has 0 aliphatic rings. The van der Waals surface area contributed by atoms with E-state index < -0.39 is 0 Å². The summed E-state index contributed by atoms with van der Waals surface area (Å²) in [6.45, 7) is 2.04. The van der Waals surface area contributed by atoms with Gasteiger partial charge in [0.05, 0.1) is 7.11 Å². The van der Waals surface area contributed by atoms with Crippen molar-refractivity contribution in [2.24, 2.45) is 0 Å². The molecule has 0 atom stereocenters. The Morgan fingerprint density at radius 2 is 1.95 bits per heavy atom. The van der Waals surface area contributed by atoms with Crippen molar-refractivity contribution in [2.45, 2.75) is 22.5 Å². The van der Waals surface area contributed by atoms with Crippen LogP contribution < -0.4 is 4.74 Å². The lowest BCUT2D eigenvalue weighted by Crippen LogP contribution is -1.87. The summed E-state index contributed by atoms with van der Waals surface area (Å²) in [5, 5.41) is 9.75. The fourth-order valence-electron chi connectivity index (χ4n) is 1.78. The average Bonchev–Trinajstić information content (AvgIpc) is 2.46. The number of hydrogen-bond donors (Lipinski definition) is 2. The van der Waals surface area contributed by atoms with Crippen LogP contribution in [0.1, 0.15) is 11.1 Å². The molecule has 20 heavy (non-hydrogen) atoms. The number of aromatic hydroxyl groups is 1. The van der Waals surface area contributed by atoms with E-state index in [0.717, 1.165) is 33.2 Å². The van der Waals surface area contributed by atoms with E-state index >= 15 is 0 Å². The van der Waals surface area contributed by atoms with E-state index in [-0.39, 0.29) is 5.75 Å². The molecule has 0 bridgehead atoms. The number of phenolic OH excluding ortho intramolecular Hbond substituents is 1. The van der Waals surface area contributed by atoms with Gasteiger partial charge in [-0.05, 0) is 42.3 Å². The van der Waals surface area contributed by atoms with Crippen molar-refractivity contribution >= 4 is 23.8 Å². The van der Waals surface area contributed by atoms with Gasteiger partial charge in [0.2, 0.25) is 0 Å². The number of phenols is 1. The molecule has 0 amide bonds. The second-order valence-corrected chi connectivity index (χ2v) is 5.98. The van der Waals surface area contributed by atoms with Gasteiger partial charge in [0, 0.05) is 27.6 Å². The highest BCUT2D eigenvalue weighted by molar-refractivity contribution is 7.98. The first kappa shape index (κ1) is 15.1. The summed E-state index contributed by atoms with van der Waals surface area (Å²) in [5.41, 5.74) is 2.19. The Kier molecular flexibility index (Phi) is 5.23. The van der Waals surface area contributed by atoms with Crippen LogP contribution in [0.4, 0.5) is 0 Å². The lowest BCUT2D eigenvalue weighted by molar-refractivity contribution is 0.373. The van der Waals surface area contributed by atoms with Gasteiger partial charge < -0.3 is 14.4 Å². The number of aryl methyl sites for hydroxylation is 1. The van der Waals surface area contributed by atoms with Crippen LogP contribution in [0, 0.1) is 6.92 Å². The third-order valence-electron chi connectivity index (χ3n) is 2.90. The number of rotatable bonds is 5. The highest BCUT2D eigenvalue weighted by Gasteiger charge is 2.05. The van der Waals surface area contributed by atoms with Gasteiger partial charge in [-0.2, -0.15) is 0 Å². The summed E-state index contributed by atoms with van der Waals surface area (Å²) in [6.07, 6.45) is 0.